The van der Waals surface area contributed by atoms with Crippen LogP contribution in [0.3, 0.4) is 0 Å². The van der Waals surface area contributed by atoms with E-state index in [9.17, 15) is 45.6 Å². The van der Waals surface area contributed by atoms with Crippen LogP contribution < -0.4 is 5.32 Å². The number of unbranched alkanes of at least 4 members (excludes halogenated alkanes) is 28. The summed E-state index contributed by atoms with van der Waals surface area (Å²) in [5.41, 5.74) is 0. The quantitative estimate of drug-likeness (QED) is 0.0160. The minimum absolute atomic E-state index is 0.259. The summed E-state index contributed by atoms with van der Waals surface area (Å²) in [6.07, 6.45) is 28.1. The van der Waals surface area contributed by atoms with Gasteiger partial charge in [0.1, 0.15) is 61.7 Å². The number of carbonyl (C=O) groups is 1. The third-order valence-electron chi connectivity index (χ3n) is 13.9. The molecule has 2 rings (SSSR count). The summed E-state index contributed by atoms with van der Waals surface area (Å²) >= 11 is 0. The van der Waals surface area contributed by atoms with Crippen molar-refractivity contribution in [3.8, 4) is 0 Å². The highest BCUT2D eigenvalue weighted by atomic mass is 16.7. The number of nitrogens with one attached hydrogen (secondary N) is 1. The number of amides is 1. The zero-order valence-electron chi connectivity index (χ0n) is 42.2. The molecule has 396 valence electrons. The topological polar surface area (TPSA) is 228 Å². The lowest BCUT2D eigenvalue weighted by Crippen LogP contribution is -2.64. The zero-order chi connectivity index (χ0) is 48.9. The Kier molecular flexibility index (Phi) is 37.2. The van der Waals surface area contributed by atoms with Crippen LogP contribution >= 0.6 is 0 Å². The van der Waals surface area contributed by atoms with Crippen LogP contribution in [0.2, 0.25) is 0 Å². The molecular formula is C53H101NO13. The number of carbonyl (C=O) groups excluding carboxylic acids is 1. The van der Waals surface area contributed by atoms with Gasteiger partial charge >= 0.3 is 0 Å². The summed E-state index contributed by atoms with van der Waals surface area (Å²) in [6, 6.07) is 0. The van der Waals surface area contributed by atoms with Crippen molar-refractivity contribution < 1.29 is 64.6 Å². The second kappa shape index (κ2) is 40.3. The Morgan fingerprint density at radius 3 is 1.40 bits per heavy atom. The molecule has 9 N–H and O–H groups in total. The van der Waals surface area contributed by atoms with E-state index < -0.39 is 93.4 Å². The Bertz CT molecular complexity index is 1180. The van der Waals surface area contributed by atoms with E-state index in [1.54, 1.807) is 0 Å². The van der Waals surface area contributed by atoms with Gasteiger partial charge < -0.3 is 65.1 Å². The predicted molar refractivity (Wildman–Crippen MR) is 263 cm³/mol. The number of rotatable bonds is 43. The molecule has 14 heteroatoms. The molecule has 0 spiro atoms. The number of allylic oxidation sites excluding steroid dienone is 2. The Morgan fingerprint density at radius 1 is 0.507 bits per heavy atom. The second-order valence-electron chi connectivity index (χ2n) is 19.7. The highest BCUT2D eigenvalue weighted by molar-refractivity contribution is 5.80. The Balaban J connectivity index is 1.77. The van der Waals surface area contributed by atoms with Crippen LogP contribution in [0.4, 0.5) is 0 Å². The SMILES string of the molecule is CCCCCCCCCCCCC=CCCC(CCCCCCCCCCCCCCCCCCCCC)C(O)C(=O)NCOC1OC(CO)C(OC2OC(CO)C(O)C(O)C2O)C(O)C1O. The fourth-order valence-electron chi connectivity index (χ4n) is 9.45. The van der Waals surface area contributed by atoms with Crippen molar-refractivity contribution in [1.29, 1.82) is 0 Å². The largest absolute Gasteiger partial charge is 0.394 e. The van der Waals surface area contributed by atoms with Gasteiger partial charge in [0.25, 0.3) is 5.91 Å². The molecule has 2 aliphatic rings. The maximum Gasteiger partial charge on any atom is 0.250 e. The van der Waals surface area contributed by atoms with E-state index in [-0.39, 0.29) is 5.92 Å². The normalized spacial score (nSPS) is 26.6. The summed E-state index contributed by atoms with van der Waals surface area (Å²) in [5.74, 6) is -0.879. The molecule has 12 atom stereocenters. The van der Waals surface area contributed by atoms with Crippen LogP contribution in [0.25, 0.3) is 0 Å². The lowest BCUT2D eigenvalue weighted by molar-refractivity contribution is -0.359. The molecule has 1 amide bonds. The molecule has 0 bridgehead atoms. The minimum Gasteiger partial charge on any atom is -0.394 e. The van der Waals surface area contributed by atoms with Crippen LogP contribution in [-0.2, 0) is 23.7 Å². The lowest BCUT2D eigenvalue weighted by Gasteiger charge is -2.45. The number of hydrogen-bond donors (Lipinski definition) is 9. The summed E-state index contributed by atoms with van der Waals surface area (Å²) in [7, 11) is 0. The molecule has 0 aromatic carbocycles. The lowest BCUT2D eigenvalue weighted by atomic mass is 9.90. The van der Waals surface area contributed by atoms with Gasteiger partial charge in [-0.3, -0.25) is 4.79 Å². The first-order valence-corrected chi connectivity index (χ1v) is 27.4. The molecule has 2 heterocycles. The van der Waals surface area contributed by atoms with Gasteiger partial charge in [-0.15, -0.1) is 0 Å². The van der Waals surface area contributed by atoms with Crippen LogP contribution in [0, 0.1) is 5.92 Å². The van der Waals surface area contributed by atoms with Crippen LogP contribution in [0.5, 0.6) is 0 Å². The highest BCUT2D eigenvalue weighted by Gasteiger charge is 2.50. The molecule has 0 aliphatic carbocycles. The van der Waals surface area contributed by atoms with Gasteiger partial charge in [-0.05, 0) is 38.0 Å². The van der Waals surface area contributed by atoms with Gasteiger partial charge in [0.15, 0.2) is 12.6 Å². The van der Waals surface area contributed by atoms with Gasteiger partial charge in [0, 0.05) is 0 Å². The number of ether oxygens (including phenoxy) is 4. The van der Waals surface area contributed by atoms with E-state index in [4.69, 9.17) is 18.9 Å². The smallest absolute Gasteiger partial charge is 0.250 e. The zero-order valence-corrected chi connectivity index (χ0v) is 42.2. The Hall–Kier alpha value is -1.27. The molecular weight excluding hydrogens is 859 g/mol. The van der Waals surface area contributed by atoms with Gasteiger partial charge in [-0.1, -0.05) is 206 Å². The monoisotopic (exact) mass is 960 g/mol. The summed E-state index contributed by atoms with van der Waals surface area (Å²) < 4.78 is 22.2. The third kappa shape index (κ3) is 26.7. The first kappa shape index (κ1) is 61.8. The minimum atomic E-state index is -1.78. The van der Waals surface area contributed by atoms with E-state index in [1.165, 1.54) is 167 Å². The molecule has 2 saturated heterocycles. The number of aliphatic hydroxyl groups excluding tert-OH is 8. The fourth-order valence-corrected chi connectivity index (χ4v) is 9.45. The maximum absolute atomic E-state index is 13.3. The molecule has 0 saturated carbocycles. The van der Waals surface area contributed by atoms with Crippen LogP contribution in [0.15, 0.2) is 12.2 Å². The highest BCUT2D eigenvalue weighted by Crippen LogP contribution is 2.30. The molecule has 67 heavy (non-hydrogen) atoms. The average Bonchev–Trinajstić information content (AvgIpc) is 3.33. The molecule has 12 unspecified atom stereocenters. The molecule has 14 nitrogen and oxygen atoms in total. The van der Waals surface area contributed by atoms with Crippen LogP contribution in [-0.4, -0.2) is 134 Å². The van der Waals surface area contributed by atoms with Gasteiger partial charge in [0.05, 0.1) is 13.2 Å². The number of hydrogen-bond acceptors (Lipinski definition) is 13. The van der Waals surface area contributed by atoms with Gasteiger partial charge in [0.2, 0.25) is 0 Å². The summed E-state index contributed by atoms with van der Waals surface area (Å²) in [6.45, 7) is 2.64. The molecule has 0 aromatic heterocycles. The Morgan fingerprint density at radius 2 is 0.925 bits per heavy atom. The first-order chi connectivity index (χ1) is 32.6. The van der Waals surface area contributed by atoms with Crippen molar-refractivity contribution in [2.24, 2.45) is 5.92 Å². The Labute approximate surface area is 406 Å². The molecule has 0 aromatic rings. The second-order valence-corrected chi connectivity index (χ2v) is 19.7. The van der Waals surface area contributed by atoms with Crippen molar-refractivity contribution in [2.75, 3.05) is 19.9 Å². The standard InChI is InChI=1S/C53H101NO13/c1-3-5-7-9-11-13-15-17-19-20-21-22-23-25-27-29-31-33-35-37-41(36-34-32-30-28-26-24-18-16-14-12-10-8-6-4-2)44(57)51(63)54-40-64-52-49(62)47(60)50(43(39-56)66-52)67-53-48(61)46(59)45(58)42(38-55)65-53/h30,32,41-50,52-53,55-62H,3-29,31,33-40H2,1-2H3,(H,54,63). The summed E-state index contributed by atoms with van der Waals surface area (Å²) in [4.78, 5) is 13.3. The first-order valence-electron chi connectivity index (χ1n) is 27.4. The van der Waals surface area contributed by atoms with Gasteiger partial charge in [-0.25, -0.2) is 0 Å². The number of aliphatic hydroxyl groups is 8. The van der Waals surface area contributed by atoms with Crippen molar-refractivity contribution in [1.82, 2.24) is 5.32 Å². The van der Waals surface area contributed by atoms with Crippen LogP contribution in [0.1, 0.15) is 226 Å². The molecule has 2 fully saturated rings. The summed E-state index contributed by atoms with van der Waals surface area (Å²) in [5, 5.41) is 85.8. The fraction of sp³-hybridized carbons (Fsp3) is 0.943. The van der Waals surface area contributed by atoms with E-state index in [0.29, 0.717) is 12.8 Å². The van der Waals surface area contributed by atoms with Crippen molar-refractivity contribution >= 4 is 5.91 Å². The van der Waals surface area contributed by atoms with E-state index in [0.717, 1.165) is 32.1 Å². The van der Waals surface area contributed by atoms with Crippen molar-refractivity contribution in [2.45, 2.75) is 293 Å². The third-order valence-corrected chi connectivity index (χ3v) is 13.9. The molecule has 2 aliphatic heterocycles. The van der Waals surface area contributed by atoms with Gasteiger partial charge in [-0.2, -0.15) is 0 Å². The van der Waals surface area contributed by atoms with E-state index in [2.05, 4.69) is 31.3 Å². The van der Waals surface area contributed by atoms with E-state index >= 15 is 0 Å². The maximum atomic E-state index is 13.3. The van der Waals surface area contributed by atoms with E-state index in [1.807, 2.05) is 0 Å². The van der Waals surface area contributed by atoms with Crippen molar-refractivity contribution in [3.05, 3.63) is 12.2 Å². The average molecular weight is 960 g/mol. The van der Waals surface area contributed by atoms with Crippen molar-refractivity contribution in [3.63, 3.8) is 0 Å². The molecule has 0 radical (unpaired) electrons. The predicted octanol–water partition coefficient (Wildman–Crippen LogP) is 8.15.